The van der Waals surface area contributed by atoms with Gasteiger partial charge in [-0.25, -0.2) is 4.98 Å². The Bertz CT molecular complexity index is 3200. The van der Waals surface area contributed by atoms with Gasteiger partial charge < -0.3 is 14.7 Å². The molecule has 0 fully saturated rings. The van der Waals surface area contributed by atoms with Crippen LogP contribution >= 0.6 is 0 Å². The second-order valence-corrected chi connectivity index (χ2v) is 20.7. The van der Waals surface area contributed by atoms with Crippen molar-refractivity contribution >= 4 is 61.6 Å². The van der Waals surface area contributed by atoms with E-state index in [1.54, 1.807) is 0 Å². The highest BCUT2D eigenvalue weighted by Gasteiger charge is 2.32. The number of benzene rings is 7. The van der Waals surface area contributed by atoms with Gasteiger partial charge in [0.1, 0.15) is 12.5 Å². The van der Waals surface area contributed by atoms with Crippen molar-refractivity contribution in [3.8, 4) is 16.9 Å². The van der Waals surface area contributed by atoms with Crippen molar-refractivity contribution in [2.24, 2.45) is 0 Å². The highest BCUT2D eigenvalue weighted by molar-refractivity contribution is 6.10. The standard InChI is InChI=1S/C60H59N5/c1-58(2,3)43-27-30-54-56(36-43)63(50-34-42(41-19-12-10-13-20-41)33-45(35-50)60(7,8)9)40-62(54)47-23-18-24-48(38-47)64(46-21-14-11-15-22-46)49-28-29-52-51-25-16-17-26-53(51)65(55(52)39-49)57-37-44(31-32-61-57)59(4,5)6/h10-39H,40H2,1-9H3. The zero-order valence-corrected chi connectivity index (χ0v) is 39.3. The number of para-hydroxylation sites is 2. The largest absolute Gasteiger partial charge is 0.321 e. The quantitative estimate of drug-likeness (QED) is 0.160. The third kappa shape index (κ3) is 7.84. The Morgan fingerprint density at radius 3 is 1.78 bits per heavy atom. The van der Waals surface area contributed by atoms with Crippen LogP contribution in [0.15, 0.2) is 182 Å². The first-order valence-corrected chi connectivity index (χ1v) is 23.0. The average Bonchev–Trinajstić information content (AvgIpc) is 3.85. The number of fused-ring (bicyclic) bond motifs is 4. The summed E-state index contributed by atoms with van der Waals surface area (Å²) in [6, 6.07) is 64.8. The van der Waals surface area contributed by atoms with Gasteiger partial charge in [0.2, 0.25) is 0 Å². The molecule has 324 valence electrons. The third-order valence-corrected chi connectivity index (χ3v) is 13.1. The van der Waals surface area contributed by atoms with Gasteiger partial charge in [0.15, 0.2) is 0 Å². The van der Waals surface area contributed by atoms with Crippen molar-refractivity contribution in [1.82, 2.24) is 9.55 Å². The van der Waals surface area contributed by atoms with Crippen molar-refractivity contribution in [2.45, 2.75) is 78.6 Å². The summed E-state index contributed by atoms with van der Waals surface area (Å²) < 4.78 is 2.34. The number of aromatic nitrogens is 2. The molecule has 0 atom stereocenters. The van der Waals surface area contributed by atoms with Gasteiger partial charge in [0.25, 0.3) is 0 Å². The Morgan fingerprint density at radius 1 is 0.415 bits per heavy atom. The van der Waals surface area contributed by atoms with Crippen LogP contribution in [-0.2, 0) is 16.2 Å². The van der Waals surface area contributed by atoms with Crippen LogP contribution in [0.5, 0.6) is 0 Å². The maximum atomic E-state index is 4.98. The molecule has 0 bridgehead atoms. The maximum Gasteiger partial charge on any atom is 0.137 e. The van der Waals surface area contributed by atoms with E-state index in [0.717, 1.165) is 39.6 Å². The summed E-state index contributed by atoms with van der Waals surface area (Å²) in [5.74, 6) is 0.921. The monoisotopic (exact) mass is 849 g/mol. The van der Waals surface area contributed by atoms with Gasteiger partial charge >= 0.3 is 0 Å². The van der Waals surface area contributed by atoms with Crippen LogP contribution in [-0.4, -0.2) is 16.2 Å². The zero-order valence-electron chi connectivity index (χ0n) is 39.3. The molecule has 0 spiro atoms. The summed E-state index contributed by atoms with van der Waals surface area (Å²) in [5, 5.41) is 2.41. The van der Waals surface area contributed by atoms with E-state index in [1.807, 2.05) is 6.20 Å². The van der Waals surface area contributed by atoms with Gasteiger partial charge in [-0.05, 0) is 129 Å². The molecule has 0 amide bonds. The number of anilines is 7. The van der Waals surface area contributed by atoms with Gasteiger partial charge in [-0.2, -0.15) is 0 Å². The minimum Gasteiger partial charge on any atom is -0.321 e. The predicted octanol–water partition coefficient (Wildman–Crippen LogP) is 16.5. The summed E-state index contributed by atoms with van der Waals surface area (Å²) in [6.07, 6.45) is 1.95. The molecule has 7 aromatic carbocycles. The fourth-order valence-corrected chi connectivity index (χ4v) is 9.34. The maximum absolute atomic E-state index is 4.98. The second-order valence-electron chi connectivity index (χ2n) is 20.7. The Kier molecular flexibility index (Phi) is 10.2. The minimum atomic E-state index is -0.0331. The van der Waals surface area contributed by atoms with Crippen LogP contribution in [0.1, 0.15) is 79.0 Å². The minimum absolute atomic E-state index is 0.00899. The molecule has 2 aromatic heterocycles. The lowest BCUT2D eigenvalue weighted by Gasteiger charge is -2.28. The first-order chi connectivity index (χ1) is 31.1. The first kappa shape index (κ1) is 41.9. The van der Waals surface area contributed by atoms with E-state index in [9.17, 15) is 0 Å². The zero-order chi connectivity index (χ0) is 45.3. The fourth-order valence-electron chi connectivity index (χ4n) is 9.34. The van der Waals surface area contributed by atoms with Crippen LogP contribution in [0.3, 0.4) is 0 Å². The van der Waals surface area contributed by atoms with Crippen molar-refractivity contribution in [1.29, 1.82) is 0 Å². The molecule has 1 aliphatic heterocycles. The topological polar surface area (TPSA) is 27.5 Å². The molecule has 9 aromatic rings. The summed E-state index contributed by atoms with van der Waals surface area (Å²) in [5.41, 5.74) is 16.5. The van der Waals surface area contributed by atoms with E-state index in [0.29, 0.717) is 6.67 Å². The Morgan fingerprint density at radius 2 is 1.05 bits per heavy atom. The van der Waals surface area contributed by atoms with E-state index in [4.69, 9.17) is 4.98 Å². The predicted molar refractivity (Wildman–Crippen MR) is 277 cm³/mol. The smallest absolute Gasteiger partial charge is 0.137 e. The molecule has 5 nitrogen and oxygen atoms in total. The Hall–Kier alpha value is -7.11. The number of hydrogen-bond acceptors (Lipinski definition) is 4. The lowest BCUT2D eigenvalue weighted by atomic mass is 9.84. The fraction of sp³-hybridized carbons (Fsp3) is 0.217. The number of rotatable bonds is 7. The van der Waals surface area contributed by atoms with E-state index in [-0.39, 0.29) is 16.2 Å². The van der Waals surface area contributed by atoms with Crippen LogP contribution in [0.25, 0.3) is 38.8 Å². The highest BCUT2D eigenvalue weighted by atomic mass is 15.4. The van der Waals surface area contributed by atoms with Crippen LogP contribution < -0.4 is 14.7 Å². The molecule has 0 N–H and O–H groups in total. The number of hydrogen-bond donors (Lipinski definition) is 0. The van der Waals surface area contributed by atoms with Crippen LogP contribution in [0, 0.1) is 0 Å². The third-order valence-electron chi connectivity index (χ3n) is 13.1. The SMILES string of the molecule is CC(C)(C)c1cc(-c2ccccc2)cc(N2CN(c3cccc(N(c4ccccc4)c4ccc5c6ccccc6n(-c6cc(C(C)(C)C)ccn6)c5c4)c3)c3ccc(C(C)(C)C)cc32)c1. The highest BCUT2D eigenvalue weighted by Crippen LogP contribution is 2.49. The molecule has 3 heterocycles. The molecule has 65 heavy (non-hydrogen) atoms. The van der Waals surface area contributed by atoms with Gasteiger partial charge in [0, 0.05) is 45.4 Å². The van der Waals surface area contributed by atoms with Gasteiger partial charge in [0.05, 0.1) is 22.4 Å². The molecule has 0 saturated heterocycles. The van der Waals surface area contributed by atoms with Crippen LogP contribution in [0.4, 0.5) is 39.8 Å². The van der Waals surface area contributed by atoms with Gasteiger partial charge in [-0.15, -0.1) is 0 Å². The van der Waals surface area contributed by atoms with E-state index < -0.39 is 0 Å². The molecular formula is C60H59N5. The summed E-state index contributed by atoms with van der Waals surface area (Å²) in [4.78, 5) is 12.4. The normalized spacial score (nSPS) is 13.2. The molecule has 5 heteroatoms. The van der Waals surface area contributed by atoms with Crippen LogP contribution in [0.2, 0.25) is 0 Å². The Balaban J connectivity index is 1.12. The molecule has 0 unspecified atom stereocenters. The van der Waals surface area contributed by atoms with E-state index in [1.165, 1.54) is 55.7 Å². The summed E-state index contributed by atoms with van der Waals surface area (Å²) >= 11 is 0. The lowest BCUT2D eigenvalue weighted by Crippen LogP contribution is -2.24. The molecule has 1 aliphatic rings. The lowest BCUT2D eigenvalue weighted by molar-refractivity contribution is 0.588. The van der Waals surface area contributed by atoms with Crippen molar-refractivity contribution < 1.29 is 0 Å². The van der Waals surface area contributed by atoms with E-state index >= 15 is 0 Å². The molecule has 0 aliphatic carbocycles. The summed E-state index contributed by atoms with van der Waals surface area (Å²) in [6.45, 7) is 21.3. The van der Waals surface area contributed by atoms with Crippen molar-refractivity contribution in [3.63, 3.8) is 0 Å². The molecule has 0 saturated carbocycles. The molecule has 10 rings (SSSR count). The van der Waals surface area contributed by atoms with Crippen molar-refractivity contribution in [3.05, 3.63) is 199 Å². The summed E-state index contributed by atoms with van der Waals surface area (Å²) in [7, 11) is 0. The molecular weight excluding hydrogens is 791 g/mol. The Labute approximate surface area is 385 Å². The van der Waals surface area contributed by atoms with Crippen molar-refractivity contribution in [2.75, 3.05) is 21.4 Å². The average molecular weight is 850 g/mol. The second kappa shape index (κ2) is 15.8. The molecule has 0 radical (unpaired) electrons. The number of nitrogens with zero attached hydrogens (tertiary/aromatic N) is 5. The van der Waals surface area contributed by atoms with E-state index in [2.05, 4.69) is 258 Å². The van der Waals surface area contributed by atoms with Gasteiger partial charge in [-0.1, -0.05) is 153 Å². The number of pyridine rings is 1. The first-order valence-electron chi connectivity index (χ1n) is 23.0. The van der Waals surface area contributed by atoms with Gasteiger partial charge in [-0.3, -0.25) is 4.57 Å².